The number of rotatable bonds is 8. The van der Waals surface area contributed by atoms with Gasteiger partial charge in [-0.1, -0.05) is 49.0 Å². The molecule has 3 N–H and O–H groups in total. The largest absolute Gasteiger partial charge is 0.384 e. The molecule has 0 radical (unpaired) electrons. The molecule has 3 aromatic rings. The lowest BCUT2D eigenvalue weighted by Gasteiger charge is -2.11. The number of ketones is 1. The van der Waals surface area contributed by atoms with Crippen molar-refractivity contribution in [3.8, 4) is 0 Å². The SMILES string of the molecule is CCCn1c(N)c(C(=O)CSc2nnc(Cc3ccccc3)n2C)c(=O)[nH]c1=O. The number of aromatic amines is 1. The van der Waals surface area contributed by atoms with Gasteiger partial charge < -0.3 is 10.3 Å². The molecule has 0 bridgehead atoms. The van der Waals surface area contributed by atoms with E-state index in [0.29, 0.717) is 24.5 Å². The Morgan fingerprint density at radius 3 is 2.62 bits per heavy atom. The molecular weight excluding hydrogens is 392 g/mol. The highest BCUT2D eigenvalue weighted by Gasteiger charge is 2.20. The molecule has 2 aromatic heterocycles. The molecule has 0 aliphatic carbocycles. The van der Waals surface area contributed by atoms with Crippen molar-refractivity contribution >= 4 is 23.4 Å². The summed E-state index contributed by atoms with van der Waals surface area (Å²) >= 11 is 1.17. The van der Waals surface area contributed by atoms with Crippen molar-refractivity contribution in [3.05, 3.63) is 68.1 Å². The normalized spacial score (nSPS) is 11.0. The Morgan fingerprint density at radius 2 is 1.93 bits per heavy atom. The van der Waals surface area contributed by atoms with Crippen molar-refractivity contribution in [1.29, 1.82) is 0 Å². The second kappa shape index (κ2) is 8.91. The lowest BCUT2D eigenvalue weighted by atomic mass is 10.1. The van der Waals surface area contributed by atoms with Gasteiger partial charge in [-0.15, -0.1) is 10.2 Å². The summed E-state index contributed by atoms with van der Waals surface area (Å²) < 4.78 is 3.02. The van der Waals surface area contributed by atoms with Gasteiger partial charge in [0.2, 0.25) is 0 Å². The average molecular weight is 414 g/mol. The molecule has 0 spiro atoms. The van der Waals surface area contributed by atoms with Crippen molar-refractivity contribution in [2.45, 2.75) is 31.5 Å². The molecule has 1 aromatic carbocycles. The fraction of sp³-hybridized carbons (Fsp3) is 0.316. The van der Waals surface area contributed by atoms with Crippen LogP contribution in [0.15, 0.2) is 45.1 Å². The highest BCUT2D eigenvalue weighted by atomic mass is 32.2. The smallest absolute Gasteiger partial charge is 0.329 e. The molecule has 0 saturated carbocycles. The first-order chi connectivity index (χ1) is 13.9. The van der Waals surface area contributed by atoms with Crippen LogP contribution in [0.2, 0.25) is 0 Å². The summed E-state index contributed by atoms with van der Waals surface area (Å²) in [6.45, 7) is 2.19. The van der Waals surface area contributed by atoms with E-state index in [2.05, 4.69) is 15.2 Å². The van der Waals surface area contributed by atoms with E-state index in [4.69, 9.17) is 5.73 Å². The maximum Gasteiger partial charge on any atom is 0.329 e. The molecule has 0 unspecified atom stereocenters. The van der Waals surface area contributed by atoms with Crippen molar-refractivity contribution in [2.24, 2.45) is 7.05 Å². The van der Waals surface area contributed by atoms with Gasteiger partial charge >= 0.3 is 5.69 Å². The van der Waals surface area contributed by atoms with Gasteiger partial charge in [0.1, 0.15) is 17.2 Å². The number of carbonyl (C=O) groups is 1. The second-order valence-electron chi connectivity index (χ2n) is 6.50. The number of hydrogen-bond donors (Lipinski definition) is 2. The first-order valence-electron chi connectivity index (χ1n) is 9.13. The van der Waals surface area contributed by atoms with Crippen LogP contribution in [0, 0.1) is 0 Å². The topological polar surface area (TPSA) is 129 Å². The van der Waals surface area contributed by atoms with Crippen molar-refractivity contribution in [2.75, 3.05) is 11.5 Å². The third-order valence-corrected chi connectivity index (χ3v) is 5.45. The number of nitrogens with one attached hydrogen (secondary N) is 1. The first-order valence-corrected chi connectivity index (χ1v) is 10.1. The number of nitrogen functional groups attached to an aromatic ring is 1. The standard InChI is InChI=1S/C19H22N6O3S/c1-3-9-25-16(20)15(17(27)21-18(25)28)13(26)11-29-19-23-22-14(24(19)2)10-12-7-5-4-6-8-12/h4-8H,3,9-11,20H2,1-2H3,(H,21,27,28). The van der Waals surface area contributed by atoms with E-state index in [-0.39, 0.29) is 17.1 Å². The number of nitrogens with zero attached hydrogens (tertiary/aromatic N) is 4. The van der Waals surface area contributed by atoms with Crippen LogP contribution in [0.1, 0.15) is 35.1 Å². The number of H-pyrrole nitrogens is 1. The van der Waals surface area contributed by atoms with Crippen LogP contribution in [0.25, 0.3) is 0 Å². The van der Waals surface area contributed by atoms with E-state index in [1.54, 1.807) is 0 Å². The summed E-state index contributed by atoms with van der Waals surface area (Å²) in [5.41, 5.74) is 5.46. The number of anilines is 1. The van der Waals surface area contributed by atoms with Crippen molar-refractivity contribution < 1.29 is 4.79 Å². The molecule has 152 valence electrons. The number of carbonyl (C=O) groups excluding carboxylic acids is 1. The van der Waals surface area contributed by atoms with Crippen LogP contribution in [0.3, 0.4) is 0 Å². The van der Waals surface area contributed by atoms with Gasteiger partial charge in [-0.3, -0.25) is 19.1 Å². The molecule has 3 rings (SSSR count). The molecule has 10 heteroatoms. The van der Waals surface area contributed by atoms with Crippen LogP contribution in [-0.4, -0.2) is 35.9 Å². The minimum Gasteiger partial charge on any atom is -0.384 e. The quantitative estimate of drug-likeness (QED) is 0.419. The van der Waals surface area contributed by atoms with Crippen molar-refractivity contribution in [1.82, 2.24) is 24.3 Å². The van der Waals surface area contributed by atoms with Crippen LogP contribution < -0.4 is 17.0 Å². The van der Waals surface area contributed by atoms with E-state index >= 15 is 0 Å². The van der Waals surface area contributed by atoms with E-state index in [9.17, 15) is 14.4 Å². The lowest BCUT2D eigenvalue weighted by Crippen LogP contribution is -2.36. The highest BCUT2D eigenvalue weighted by molar-refractivity contribution is 7.99. The maximum atomic E-state index is 12.6. The Hall–Kier alpha value is -3.14. The summed E-state index contributed by atoms with van der Waals surface area (Å²) in [6.07, 6.45) is 1.26. The third kappa shape index (κ3) is 4.48. The number of aromatic nitrogens is 5. The third-order valence-electron chi connectivity index (χ3n) is 4.43. The molecule has 0 fully saturated rings. The van der Waals surface area contributed by atoms with Crippen LogP contribution in [0.5, 0.6) is 0 Å². The summed E-state index contributed by atoms with van der Waals surface area (Å²) in [5, 5.41) is 8.88. The first kappa shape index (κ1) is 20.6. The van der Waals surface area contributed by atoms with Crippen LogP contribution >= 0.6 is 11.8 Å². The Balaban J connectivity index is 1.76. The molecule has 2 heterocycles. The summed E-state index contributed by atoms with van der Waals surface area (Å²) in [5.74, 6) is 0.148. The van der Waals surface area contributed by atoms with Crippen LogP contribution in [-0.2, 0) is 20.0 Å². The molecule has 0 amide bonds. The fourth-order valence-corrected chi connectivity index (χ4v) is 3.71. The van der Waals surface area contributed by atoms with E-state index in [0.717, 1.165) is 11.4 Å². The lowest BCUT2D eigenvalue weighted by molar-refractivity contribution is 0.102. The molecule has 0 aliphatic heterocycles. The zero-order valence-electron chi connectivity index (χ0n) is 16.2. The average Bonchev–Trinajstić information content (AvgIpc) is 3.03. The van der Waals surface area contributed by atoms with Crippen molar-refractivity contribution in [3.63, 3.8) is 0 Å². The summed E-state index contributed by atoms with van der Waals surface area (Å²) in [4.78, 5) is 38.8. The number of thioether (sulfide) groups is 1. The Bertz CT molecular complexity index is 1130. The van der Waals surface area contributed by atoms with E-state index < -0.39 is 17.0 Å². The molecular formula is C19H22N6O3S. The number of hydrogen-bond acceptors (Lipinski definition) is 7. The monoisotopic (exact) mass is 414 g/mol. The fourth-order valence-electron chi connectivity index (χ4n) is 2.91. The van der Waals surface area contributed by atoms with Gasteiger partial charge in [-0.05, 0) is 12.0 Å². The number of nitrogens with two attached hydrogens (primary N) is 1. The Morgan fingerprint density at radius 1 is 1.21 bits per heavy atom. The maximum absolute atomic E-state index is 12.6. The molecule has 29 heavy (non-hydrogen) atoms. The highest BCUT2D eigenvalue weighted by Crippen LogP contribution is 2.19. The van der Waals surface area contributed by atoms with Gasteiger partial charge in [-0.25, -0.2) is 4.79 Å². The van der Waals surface area contributed by atoms with E-state index in [1.807, 2.05) is 48.9 Å². The zero-order valence-corrected chi connectivity index (χ0v) is 17.0. The van der Waals surface area contributed by atoms with Gasteiger partial charge in [0.25, 0.3) is 5.56 Å². The summed E-state index contributed by atoms with van der Waals surface area (Å²) in [6, 6.07) is 9.88. The zero-order chi connectivity index (χ0) is 21.0. The minimum atomic E-state index is -0.770. The van der Waals surface area contributed by atoms with Gasteiger partial charge in [-0.2, -0.15) is 0 Å². The molecule has 0 saturated heterocycles. The predicted molar refractivity (Wildman–Crippen MR) is 111 cm³/mol. The second-order valence-corrected chi connectivity index (χ2v) is 7.45. The molecule has 0 aliphatic rings. The molecule has 0 atom stereocenters. The number of benzene rings is 1. The summed E-state index contributed by atoms with van der Waals surface area (Å²) in [7, 11) is 1.83. The molecule has 9 nitrogen and oxygen atoms in total. The Kier molecular flexibility index (Phi) is 6.32. The van der Waals surface area contributed by atoms with Gasteiger partial charge in [0, 0.05) is 20.0 Å². The van der Waals surface area contributed by atoms with Crippen LogP contribution in [0.4, 0.5) is 5.82 Å². The van der Waals surface area contributed by atoms with Gasteiger partial charge in [0.05, 0.1) is 5.75 Å². The van der Waals surface area contributed by atoms with E-state index in [1.165, 1.54) is 16.3 Å². The minimum absolute atomic E-state index is 0.0467. The number of Topliss-reactive ketones (excluding diaryl/α,β-unsaturated/α-hetero) is 1. The Labute approximate surface area is 171 Å². The predicted octanol–water partition coefficient (Wildman–Crippen LogP) is 1.22. The van der Waals surface area contributed by atoms with Gasteiger partial charge in [0.15, 0.2) is 10.9 Å².